The van der Waals surface area contributed by atoms with Crippen LogP contribution in [-0.2, 0) is 6.42 Å². The van der Waals surface area contributed by atoms with E-state index in [0.29, 0.717) is 16.5 Å². The maximum absolute atomic E-state index is 13.3. The zero-order valence-electron chi connectivity index (χ0n) is 8.60. The topological polar surface area (TPSA) is 48.6 Å². The summed E-state index contributed by atoms with van der Waals surface area (Å²) >= 11 is 3.09. The highest BCUT2D eigenvalue weighted by atomic mass is 79.9. The standard InChI is InChI=1S/C11H10BrFN2O/c1-6-8(11(16)15-14-6)4-7-2-3-9(12)10(13)5-7/h2-3,5H,4H2,1H3,(H2,14,15,16). The van der Waals surface area contributed by atoms with Crippen molar-refractivity contribution in [1.82, 2.24) is 10.2 Å². The molecule has 0 aliphatic carbocycles. The maximum atomic E-state index is 13.3. The third kappa shape index (κ3) is 2.09. The third-order valence-corrected chi connectivity index (χ3v) is 3.10. The Labute approximate surface area is 99.8 Å². The SMILES string of the molecule is Cc1[nH][nH]c(=O)c1Cc1ccc(Br)c(F)c1. The summed E-state index contributed by atoms with van der Waals surface area (Å²) in [5.74, 6) is -0.317. The Morgan fingerprint density at radius 1 is 1.38 bits per heavy atom. The first-order valence-electron chi connectivity index (χ1n) is 4.78. The predicted octanol–water partition coefficient (Wildman–Crippen LogP) is 2.50. The van der Waals surface area contributed by atoms with Crippen LogP contribution in [0.3, 0.4) is 0 Å². The van der Waals surface area contributed by atoms with Gasteiger partial charge in [0.15, 0.2) is 0 Å². The highest BCUT2D eigenvalue weighted by Crippen LogP contribution is 2.18. The molecule has 16 heavy (non-hydrogen) atoms. The second kappa shape index (κ2) is 4.25. The lowest BCUT2D eigenvalue weighted by Gasteiger charge is -2.01. The van der Waals surface area contributed by atoms with Crippen LogP contribution in [-0.4, -0.2) is 10.2 Å². The van der Waals surface area contributed by atoms with Gasteiger partial charge in [-0.2, -0.15) is 0 Å². The van der Waals surface area contributed by atoms with Crippen LogP contribution >= 0.6 is 15.9 Å². The summed E-state index contributed by atoms with van der Waals surface area (Å²) in [6.07, 6.45) is 0.425. The van der Waals surface area contributed by atoms with E-state index in [-0.39, 0.29) is 11.4 Å². The van der Waals surface area contributed by atoms with Gasteiger partial charge >= 0.3 is 0 Å². The minimum atomic E-state index is -0.317. The van der Waals surface area contributed by atoms with Crippen molar-refractivity contribution in [3.8, 4) is 0 Å². The lowest BCUT2D eigenvalue weighted by atomic mass is 10.1. The maximum Gasteiger partial charge on any atom is 0.267 e. The van der Waals surface area contributed by atoms with Gasteiger partial charge in [0.25, 0.3) is 5.56 Å². The van der Waals surface area contributed by atoms with Gasteiger partial charge in [-0.1, -0.05) is 6.07 Å². The Bertz CT molecular complexity index is 574. The van der Waals surface area contributed by atoms with Crippen molar-refractivity contribution in [3.63, 3.8) is 0 Å². The molecule has 1 aromatic carbocycles. The molecule has 0 aliphatic rings. The van der Waals surface area contributed by atoms with E-state index in [1.165, 1.54) is 6.07 Å². The van der Waals surface area contributed by atoms with Gasteiger partial charge in [-0.3, -0.25) is 9.89 Å². The van der Waals surface area contributed by atoms with E-state index in [4.69, 9.17) is 0 Å². The van der Waals surface area contributed by atoms with Crippen LogP contribution in [0.15, 0.2) is 27.5 Å². The van der Waals surface area contributed by atoms with Gasteiger partial charge in [0.05, 0.1) is 4.47 Å². The van der Waals surface area contributed by atoms with Gasteiger partial charge in [-0.15, -0.1) is 0 Å². The fourth-order valence-corrected chi connectivity index (χ4v) is 1.78. The van der Waals surface area contributed by atoms with Crippen molar-refractivity contribution in [2.75, 3.05) is 0 Å². The van der Waals surface area contributed by atoms with E-state index in [9.17, 15) is 9.18 Å². The molecule has 2 rings (SSSR count). The number of aryl methyl sites for hydroxylation is 1. The minimum absolute atomic E-state index is 0.152. The molecular formula is C11H10BrFN2O. The molecule has 0 saturated heterocycles. The van der Waals surface area contributed by atoms with E-state index in [1.807, 2.05) is 6.92 Å². The first-order valence-corrected chi connectivity index (χ1v) is 5.57. The third-order valence-electron chi connectivity index (χ3n) is 2.46. The Morgan fingerprint density at radius 2 is 2.12 bits per heavy atom. The molecule has 0 unspecified atom stereocenters. The first-order chi connectivity index (χ1) is 7.58. The zero-order valence-corrected chi connectivity index (χ0v) is 10.2. The van der Waals surface area contributed by atoms with E-state index in [1.54, 1.807) is 12.1 Å². The summed E-state index contributed by atoms with van der Waals surface area (Å²) in [5.41, 5.74) is 2.05. The molecule has 1 heterocycles. The summed E-state index contributed by atoms with van der Waals surface area (Å²) in [6.45, 7) is 1.81. The van der Waals surface area contributed by atoms with Crippen molar-refractivity contribution >= 4 is 15.9 Å². The summed E-state index contributed by atoms with van der Waals surface area (Å²) in [5, 5.41) is 5.24. The number of aromatic amines is 2. The number of hydrogen-bond donors (Lipinski definition) is 2. The number of hydrogen-bond acceptors (Lipinski definition) is 1. The second-order valence-corrected chi connectivity index (χ2v) is 4.46. The van der Waals surface area contributed by atoms with Crippen LogP contribution < -0.4 is 5.56 Å². The summed E-state index contributed by atoms with van der Waals surface area (Å²) in [4.78, 5) is 11.4. The smallest absolute Gasteiger partial charge is 0.267 e. The molecule has 1 aromatic heterocycles. The van der Waals surface area contributed by atoms with E-state index in [0.717, 1.165) is 11.3 Å². The molecule has 5 heteroatoms. The second-order valence-electron chi connectivity index (χ2n) is 3.61. The molecule has 0 fully saturated rings. The van der Waals surface area contributed by atoms with Gasteiger partial charge in [-0.25, -0.2) is 4.39 Å². The molecule has 0 aliphatic heterocycles. The molecular weight excluding hydrogens is 275 g/mol. The van der Waals surface area contributed by atoms with Crippen LogP contribution in [0.25, 0.3) is 0 Å². The molecule has 3 nitrogen and oxygen atoms in total. The average Bonchev–Trinajstić information content (AvgIpc) is 2.55. The number of nitrogens with one attached hydrogen (secondary N) is 2. The lowest BCUT2D eigenvalue weighted by Crippen LogP contribution is -2.07. The minimum Gasteiger partial charge on any atom is -0.302 e. The normalized spacial score (nSPS) is 10.7. The van der Waals surface area contributed by atoms with Gasteiger partial charge in [0, 0.05) is 17.7 Å². The number of benzene rings is 1. The molecule has 0 amide bonds. The Kier molecular flexibility index (Phi) is 2.96. The molecule has 0 spiro atoms. The highest BCUT2D eigenvalue weighted by Gasteiger charge is 2.08. The van der Waals surface area contributed by atoms with Crippen molar-refractivity contribution in [3.05, 3.63) is 55.7 Å². The van der Waals surface area contributed by atoms with Gasteiger partial charge in [-0.05, 0) is 40.5 Å². The van der Waals surface area contributed by atoms with Gasteiger partial charge < -0.3 is 5.10 Å². The van der Waals surface area contributed by atoms with Crippen molar-refractivity contribution < 1.29 is 4.39 Å². The molecule has 2 N–H and O–H groups in total. The first kappa shape index (κ1) is 11.1. The Hall–Kier alpha value is -1.36. The fourth-order valence-electron chi connectivity index (χ4n) is 1.54. The summed E-state index contributed by atoms with van der Waals surface area (Å²) in [6, 6.07) is 4.86. The number of halogens is 2. The van der Waals surface area contributed by atoms with Crippen molar-refractivity contribution in [2.45, 2.75) is 13.3 Å². The summed E-state index contributed by atoms with van der Waals surface area (Å²) < 4.78 is 13.7. The molecule has 84 valence electrons. The van der Waals surface area contributed by atoms with Crippen molar-refractivity contribution in [1.29, 1.82) is 0 Å². The van der Waals surface area contributed by atoms with Crippen LogP contribution in [0.5, 0.6) is 0 Å². The Balaban J connectivity index is 2.34. The Morgan fingerprint density at radius 3 is 2.69 bits per heavy atom. The number of aromatic nitrogens is 2. The van der Waals surface area contributed by atoms with Crippen LogP contribution in [0.2, 0.25) is 0 Å². The fraction of sp³-hybridized carbons (Fsp3) is 0.182. The average molecular weight is 285 g/mol. The number of rotatable bonds is 2. The lowest BCUT2D eigenvalue weighted by molar-refractivity contribution is 0.619. The van der Waals surface area contributed by atoms with E-state index >= 15 is 0 Å². The highest BCUT2D eigenvalue weighted by molar-refractivity contribution is 9.10. The molecule has 0 bridgehead atoms. The molecule has 0 saturated carbocycles. The van der Waals surface area contributed by atoms with Crippen LogP contribution in [0.4, 0.5) is 4.39 Å². The van der Waals surface area contributed by atoms with Crippen molar-refractivity contribution in [2.24, 2.45) is 0 Å². The zero-order chi connectivity index (χ0) is 11.7. The molecule has 2 aromatic rings. The van der Waals surface area contributed by atoms with Gasteiger partial charge in [0.2, 0.25) is 0 Å². The predicted molar refractivity (Wildman–Crippen MR) is 63.1 cm³/mol. The van der Waals surface area contributed by atoms with E-state index in [2.05, 4.69) is 26.1 Å². The van der Waals surface area contributed by atoms with Gasteiger partial charge in [0.1, 0.15) is 5.82 Å². The van der Waals surface area contributed by atoms with Crippen LogP contribution in [0, 0.1) is 12.7 Å². The monoisotopic (exact) mass is 284 g/mol. The number of H-pyrrole nitrogens is 2. The van der Waals surface area contributed by atoms with E-state index < -0.39 is 0 Å². The molecule has 0 radical (unpaired) electrons. The van der Waals surface area contributed by atoms with Crippen LogP contribution in [0.1, 0.15) is 16.8 Å². The molecule has 0 atom stereocenters. The largest absolute Gasteiger partial charge is 0.302 e. The summed E-state index contributed by atoms with van der Waals surface area (Å²) in [7, 11) is 0. The quantitative estimate of drug-likeness (QED) is 0.875.